The standard InChI is InChI=1S/C16H10ClNOS2/c17-12-5-3-11(4-6-12)16-18-13(10-21-16)7-8-14(19)15-2-1-9-20-15/h1-10H/b8-7+. The van der Waals surface area contributed by atoms with E-state index < -0.39 is 0 Å². The SMILES string of the molecule is O=C(/C=C/c1csc(-c2ccc(Cl)cc2)n1)c1cccs1. The average molecular weight is 332 g/mol. The largest absolute Gasteiger partial charge is 0.288 e. The number of allylic oxidation sites excluding steroid dienone is 1. The van der Waals surface area contributed by atoms with Crippen LogP contribution in [0.25, 0.3) is 16.6 Å². The molecule has 0 unspecified atom stereocenters. The molecule has 0 N–H and O–H groups in total. The van der Waals surface area contributed by atoms with Crippen molar-refractivity contribution in [2.24, 2.45) is 0 Å². The number of hydrogen-bond donors (Lipinski definition) is 0. The first kappa shape index (κ1) is 14.2. The molecule has 0 bridgehead atoms. The van der Waals surface area contributed by atoms with E-state index in [0.29, 0.717) is 5.02 Å². The van der Waals surface area contributed by atoms with Crippen molar-refractivity contribution < 1.29 is 4.79 Å². The molecule has 3 aromatic rings. The van der Waals surface area contributed by atoms with Crippen LogP contribution in [0.5, 0.6) is 0 Å². The van der Waals surface area contributed by atoms with E-state index in [1.807, 2.05) is 47.2 Å². The second-order valence-corrected chi connectivity index (χ2v) is 6.50. The van der Waals surface area contributed by atoms with Crippen molar-refractivity contribution in [3.05, 3.63) is 68.8 Å². The summed E-state index contributed by atoms with van der Waals surface area (Å²) in [5.74, 6) is 0.00560. The van der Waals surface area contributed by atoms with Crippen molar-refractivity contribution in [1.82, 2.24) is 4.98 Å². The molecule has 0 aliphatic heterocycles. The maximum atomic E-state index is 11.9. The molecular weight excluding hydrogens is 322 g/mol. The number of ketones is 1. The molecule has 0 spiro atoms. The van der Waals surface area contributed by atoms with Crippen molar-refractivity contribution in [3.8, 4) is 10.6 Å². The fourth-order valence-electron chi connectivity index (χ4n) is 1.75. The van der Waals surface area contributed by atoms with Gasteiger partial charge >= 0.3 is 0 Å². The first-order chi connectivity index (χ1) is 10.2. The molecule has 5 heteroatoms. The highest BCUT2D eigenvalue weighted by atomic mass is 35.5. The molecule has 2 aromatic heterocycles. The minimum atomic E-state index is 0.00560. The molecule has 0 fully saturated rings. The molecule has 0 atom stereocenters. The topological polar surface area (TPSA) is 30.0 Å². The lowest BCUT2D eigenvalue weighted by Gasteiger charge is -1.95. The average Bonchev–Trinajstić information content (AvgIpc) is 3.17. The zero-order valence-electron chi connectivity index (χ0n) is 10.8. The number of nitrogens with zero attached hydrogens (tertiary/aromatic N) is 1. The monoisotopic (exact) mass is 331 g/mol. The van der Waals surface area contributed by atoms with Gasteiger partial charge in [-0.3, -0.25) is 4.79 Å². The summed E-state index contributed by atoms with van der Waals surface area (Å²) in [7, 11) is 0. The summed E-state index contributed by atoms with van der Waals surface area (Å²) in [6.07, 6.45) is 3.31. The third-order valence-corrected chi connectivity index (χ3v) is 4.83. The number of rotatable bonds is 4. The lowest BCUT2D eigenvalue weighted by Crippen LogP contribution is -1.88. The van der Waals surface area contributed by atoms with Crippen LogP contribution in [0.15, 0.2) is 53.2 Å². The van der Waals surface area contributed by atoms with Crippen LogP contribution in [0.3, 0.4) is 0 Å². The van der Waals surface area contributed by atoms with Crippen LogP contribution in [0.1, 0.15) is 15.4 Å². The number of thiazole rings is 1. The molecule has 21 heavy (non-hydrogen) atoms. The van der Waals surface area contributed by atoms with Gasteiger partial charge in [0.25, 0.3) is 0 Å². The van der Waals surface area contributed by atoms with Gasteiger partial charge in [-0.1, -0.05) is 29.8 Å². The van der Waals surface area contributed by atoms with Crippen LogP contribution in [0, 0.1) is 0 Å². The number of carbonyl (C=O) groups excluding carboxylic acids is 1. The van der Waals surface area contributed by atoms with Crippen LogP contribution in [0.2, 0.25) is 5.02 Å². The van der Waals surface area contributed by atoms with Crippen LogP contribution < -0.4 is 0 Å². The Bertz CT molecular complexity index is 773. The molecule has 0 amide bonds. The van der Waals surface area contributed by atoms with Gasteiger partial charge in [-0.2, -0.15) is 0 Å². The summed E-state index contributed by atoms with van der Waals surface area (Å²) < 4.78 is 0. The number of halogens is 1. The lowest BCUT2D eigenvalue weighted by atomic mass is 10.2. The Kier molecular flexibility index (Phi) is 4.29. The second kappa shape index (κ2) is 6.35. The van der Waals surface area contributed by atoms with E-state index in [9.17, 15) is 4.79 Å². The van der Waals surface area contributed by atoms with Crippen molar-refractivity contribution in [3.63, 3.8) is 0 Å². The van der Waals surface area contributed by atoms with Crippen molar-refractivity contribution in [1.29, 1.82) is 0 Å². The number of benzene rings is 1. The van der Waals surface area contributed by atoms with E-state index in [1.165, 1.54) is 11.3 Å². The van der Waals surface area contributed by atoms with Crippen LogP contribution in [-0.4, -0.2) is 10.8 Å². The molecule has 2 heterocycles. The summed E-state index contributed by atoms with van der Waals surface area (Å²) in [4.78, 5) is 17.1. The zero-order chi connectivity index (χ0) is 14.7. The molecule has 0 aliphatic rings. The summed E-state index contributed by atoms with van der Waals surface area (Å²) in [5.41, 5.74) is 1.81. The minimum absolute atomic E-state index is 0.00560. The third-order valence-electron chi connectivity index (χ3n) is 2.78. The number of carbonyl (C=O) groups is 1. The van der Waals surface area contributed by atoms with Crippen molar-refractivity contribution in [2.45, 2.75) is 0 Å². The van der Waals surface area contributed by atoms with Gasteiger partial charge < -0.3 is 0 Å². The molecule has 104 valence electrons. The highest BCUT2D eigenvalue weighted by Gasteiger charge is 2.05. The number of hydrogen-bond acceptors (Lipinski definition) is 4. The van der Waals surface area contributed by atoms with E-state index >= 15 is 0 Å². The number of thiophene rings is 1. The summed E-state index contributed by atoms with van der Waals surface area (Å²) in [6.45, 7) is 0. The van der Waals surface area contributed by atoms with Gasteiger partial charge in [0, 0.05) is 16.0 Å². The van der Waals surface area contributed by atoms with E-state index in [1.54, 1.807) is 23.5 Å². The third kappa shape index (κ3) is 3.47. The Morgan fingerprint density at radius 3 is 2.67 bits per heavy atom. The molecule has 1 aromatic carbocycles. The van der Waals surface area contributed by atoms with E-state index in [2.05, 4.69) is 4.98 Å². The molecule has 0 radical (unpaired) electrons. The van der Waals surface area contributed by atoms with Gasteiger partial charge in [-0.05, 0) is 35.7 Å². The van der Waals surface area contributed by atoms with Crippen LogP contribution in [-0.2, 0) is 0 Å². The molecular formula is C16H10ClNOS2. The second-order valence-electron chi connectivity index (χ2n) is 4.26. The smallest absolute Gasteiger partial charge is 0.195 e. The predicted molar refractivity (Wildman–Crippen MR) is 90.2 cm³/mol. The Morgan fingerprint density at radius 1 is 1.14 bits per heavy atom. The van der Waals surface area contributed by atoms with E-state index in [0.717, 1.165) is 21.1 Å². The van der Waals surface area contributed by atoms with Crippen molar-refractivity contribution >= 4 is 46.1 Å². The number of aromatic nitrogens is 1. The molecule has 3 rings (SSSR count). The lowest BCUT2D eigenvalue weighted by molar-refractivity contribution is 0.105. The molecule has 0 saturated carbocycles. The minimum Gasteiger partial charge on any atom is -0.288 e. The van der Waals surface area contributed by atoms with Gasteiger partial charge in [0.2, 0.25) is 0 Å². The highest BCUT2D eigenvalue weighted by molar-refractivity contribution is 7.13. The molecule has 0 aliphatic carbocycles. The van der Waals surface area contributed by atoms with Gasteiger partial charge in [0.05, 0.1) is 10.6 Å². The Morgan fingerprint density at radius 2 is 1.95 bits per heavy atom. The van der Waals surface area contributed by atoms with Crippen LogP contribution >= 0.6 is 34.3 Å². The van der Waals surface area contributed by atoms with Gasteiger partial charge in [0.15, 0.2) is 5.78 Å². The summed E-state index contributed by atoms with van der Waals surface area (Å²) in [6, 6.07) is 11.2. The van der Waals surface area contributed by atoms with Gasteiger partial charge in [0.1, 0.15) is 5.01 Å². The predicted octanol–water partition coefficient (Wildman–Crippen LogP) is 5.42. The fourth-order valence-corrected chi connectivity index (χ4v) is 3.31. The maximum absolute atomic E-state index is 11.9. The van der Waals surface area contributed by atoms with E-state index in [4.69, 9.17) is 11.6 Å². The Labute approximate surface area is 135 Å². The highest BCUT2D eigenvalue weighted by Crippen LogP contribution is 2.25. The van der Waals surface area contributed by atoms with E-state index in [-0.39, 0.29) is 5.78 Å². The molecule has 0 saturated heterocycles. The summed E-state index contributed by atoms with van der Waals surface area (Å²) >= 11 is 8.86. The van der Waals surface area contributed by atoms with Gasteiger partial charge in [-0.15, -0.1) is 22.7 Å². The van der Waals surface area contributed by atoms with Crippen molar-refractivity contribution in [2.75, 3.05) is 0 Å². The first-order valence-corrected chi connectivity index (χ1v) is 8.33. The maximum Gasteiger partial charge on any atom is 0.195 e. The van der Waals surface area contributed by atoms with Crippen LogP contribution in [0.4, 0.5) is 0 Å². The molecule has 2 nitrogen and oxygen atoms in total. The fraction of sp³-hybridized carbons (Fsp3) is 0. The quantitative estimate of drug-likeness (QED) is 0.472. The van der Waals surface area contributed by atoms with Gasteiger partial charge in [-0.25, -0.2) is 4.98 Å². The Hall–Kier alpha value is -1.75. The zero-order valence-corrected chi connectivity index (χ0v) is 13.2. The Balaban J connectivity index is 1.76. The summed E-state index contributed by atoms with van der Waals surface area (Å²) in [5, 5.41) is 5.44. The normalized spacial score (nSPS) is 11.1. The first-order valence-electron chi connectivity index (χ1n) is 6.20.